The van der Waals surface area contributed by atoms with Crippen molar-refractivity contribution in [2.45, 2.75) is 39.2 Å². The summed E-state index contributed by atoms with van der Waals surface area (Å²) in [5, 5.41) is 0. The molecule has 1 aliphatic heterocycles. The van der Waals surface area contributed by atoms with Crippen molar-refractivity contribution in [2.75, 3.05) is 12.3 Å². The molecule has 0 saturated heterocycles. The van der Waals surface area contributed by atoms with E-state index in [4.69, 9.17) is 15.5 Å². The largest absolute Gasteiger partial charge is 0.494 e. The first-order valence-corrected chi connectivity index (χ1v) is 7.30. The molecule has 0 radical (unpaired) electrons. The van der Waals surface area contributed by atoms with Crippen LogP contribution in [0.4, 0.5) is 5.82 Å². The third kappa shape index (κ3) is 2.15. The van der Waals surface area contributed by atoms with E-state index in [2.05, 4.69) is 11.5 Å². The smallest absolute Gasteiger partial charge is 0.131 e. The molecule has 2 N–H and O–H groups in total. The zero-order valence-electron chi connectivity index (χ0n) is 12.1. The van der Waals surface area contributed by atoms with Crippen molar-refractivity contribution >= 4 is 5.82 Å². The molecule has 1 aliphatic rings. The summed E-state index contributed by atoms with van der Waals surface area (Å²) in [7, 11) is 0. The summed E-state index contributed by atoms with van der Waals surface area (Å²) in [6, 6.07) is 8.44. The molecule has 2 aromatic rings. The molecule has 1 atom stereocenters. The van der Waals surface area contributed by atoms with Gasteiger partial charge in [0.1, 0.15) is 23.1 Å². The van der Waals surface area contributed by atoms with Crippen LogP contribution in [0.3, 0.4) is 0 Å². The van der Waals surface area contributed by atoms with Gasteiger partial charge in [-0.25, -0.2) is 4.98 Å². The normalized spacial score (nSPS) is 17.8. The van der Waals surface area contributed by atoms with Crippen LogP contribution in [0.1, 0.15) is 38.6 Å². The number of benzene rings is 1. The summed E-state index contributed by atoms with van der Waals surface area (Å²) >= 11 is 0. The Balaban J connectivity index is 2.04. The Labute approximate surface area is 119 Å². The average Bonchev–Trinajstić information content (AvgIpc) is 2.78. The van der Waals surface area contributed by atoms with E-state index < -0.39 is 0 Å². The van der Waals surface area contributed by atoms with Crippen LogP contribution >= 0.6 is 0 Å². The van der Waals surface area contributed by atoms with E-state index >= 15 is 0 Å². The minimum absolute atomic E-state index is 0.440. The van der Waals surface area contributed by atoms with Crippen LogP contribution < -0.4 is 10.5 Å². The second-order valence-corrected chi connectivity index (χ2v) is 5.33. The average molecular weight is 271 g/mol. The van der Waals surface area contributed by atoms with E-state index in [9.17, 15) is 0 Å². The fraction of sp³-hybridized carbons (Fsp3) is 0.438. The summed E-state index contributed by atoms with van der Waals surface area (Å²) in [5.41, 5.74) is 8.24. The third-order valence-corrected chi connectivity index (χ3v) is 3.90. The van der Waals surface area contributed by atoms with Crippen LogP contribution in [0.2, 0.25) is 0 Å². The minimum Gasteiger partial charge on any atom is -0.494 e. The monoisotopic (exact) mass is 271 g/mol. The number of nitrogens with two attached hydrogens (primary N) is 1. The number of hydrogen-bond acceptors (Lipinski definition) is 3. The molecular formula is C16H21N3O. The van der Waals surface area contributed by atoms with Gasteiger partial charge in [0.25, 0.3) is 0 Å². The van der Waals surface area contributed by atoms with Crippen molar-refractivity contribution in [2.24, 2.45) is 0 Å². The molecule has 1 unspecified atom stereocenters. The van der Waals surface area contributed by atoms with Crippen LogP contribution in [0, 0.1) is 0 Å². The molecule has 0 aliphatic carbocycles. The van der Waals surface area contributed by atoms with Crippen molar-refractivity contribution in [1.82, 2.24) is 9.55 Å². The van der Waals surface area contributed by atoms with E-state index in [1.54, 1.807) is 0 Å². The second kappa shape index (κ2) is 5.19. The Bertz CT molecular complexity index is 618. The summed E-state index contributed by atoms with van der Waals surface area (Å²) in [6.07, 6.45) is 3.38. The highest BCUT2D eigenvalue weighted by Crippen LogP contribution is 2.35. The van der Waals surface area contributed by atoms with E-state index in [1.807, 2.05) is 31.2 Å². The second-order valence-electron chi connectivity index (χ2n) is 5.33. The molecule has 4 heteroatoms. The van der Waals surface area contributed by atoms with Crippen LogP contribution in [0.5, 0.6) is 5.75 Å². The first-order chi connectivity index (χ1) is 9.70. The molecular weight excluding hydrogens is 250 g/mol. The number of hydrogen-bond donors (Lipinski definition) is 1. The number of fused-ring (bicyclic) bond motifs is 1. The van der Waals surface area contributed by atoms with Gasteiger partial charge in [-0.1, -0.05) is 12.1 Å². The highest BCUT2D eigenvalue weighted by molar-refractivity contribution is 5.72. The van der Waals surface area contributed by atoms with E-state index in [1.165, 1.54) is 12.8 Å². The fourth-order valence-corrected chi connectivity index (χ4v) is 2.96. The SMILES string of the molecule is CCOc1cccc(-c2nc3n(c2N)C(C)CCC3)c1. The van der Waals surface area contributed by atoms with Gasteiger partial charge >= 0.3 is 0 Å². The molecule has 106 valence electrons. The highest BCUT2D eigenvalue weighted by atomic mass is 16.5. The predicted molar refractivity (Wildman–Crippen MR) is 80.9 cm³/mol. The number of anilines is 1. The van der Waals surface area contributed by atoms with Gasteiger partial charge in [-0.2, -0.15) is 0 Å². The molecule has 3 rings (SSSR count). The standard InChI is InChI=1S/C16H21N3O/c1-3-20-13-8-5-7-12(10-13)15-16(17)19-11(2)6-4-9-14(19)18-15/h5,7-8,10-11H,3-4,6,9,17H2,1-2H3. The molecule has 1 aromatic heterocycles. The lowest BCUT2D eigenvalue weighted by atomic mass is 10.1. The predicted octanol–water partition coefficient (Wildman–Crippen LogP) is 3.43. The number of rotatable bonds is 3. The third-order valence-electron chi connectivity index (χ3n) is 3.90. The fourth-order valence-electron chi connectivity index (χ4n) is 2.96. The lowest BCUT2D eigenvalue weighted by Gasteiger charge is -2.22. The first-order valence-electron chi connectivity index (χ1n) is 7.30. The van der Waals surface area contributed by atoms with Gasteiger partial charge in [-0.05, 0) is 38.8 Å². The summed E-state index contributed by atoms with van der Waals surface area (Å²) in [4.78, 5) is 4.75. The molecule has 0 saturated carbocycles. The van der Waals surface area contributed by atoms with Gasteiger partial charge in [-0.3, -0.25) is 0 Å². The molecule has 1 aromatic carbocycles. The number of aryl methyl sites for hydroxylation is 1. The molecule has 0 fully saturated rings. The maximum absolute atomic E-state index is 6.33. The van der Waals surface area contributed by atoms with E-state index in [-0.39, 0.29) is 0 Å². The van der Waals surface area contributed by atoms with Crippen LogP contribution in [-0.4, -0.2) is 16.2 Å². The van der Waals surface area contributed by atoms with Gasteiger partial charge in [0, 0.05) is 18.0 Å². The van der Waals surface area contributed by atoms with Gasteiger partial charge in [0.15, 0.2) is 0 Å². The van der Waals surface area contributed by atoms with Crippen molar-refractivity contribution < 1.29 is 4.74 Å². The van der Waals surface area contributed by atoms with Gasteiger partial charge < -0.3 is 15.0 Å². The van der Waals surface area contributed by atoms with Crippen molar-refractivity contribution in [1.29, 1.82) is 0 Å². The molecule has 0 amide bonds. The topological polar surface area (TPSA) is 53.1 Å². The van der Waals surface area contributed by atoms with Gasteiger partial charge in [0.2, 0.25) is 0 Å². The molecule has 0 spiro atoms. The summed E-state index contributed by atoms with van der Waals surface area (Å²) in [5.74, 6) is 2.75. The van der Waals surface area contributed by atoms with Crippen molar-refractivity contribution in [3.63, 3.8) is 0 Å². The van der Waals surface area contributed by atoms with Crippen LogP contribution in [0.15, 0.2) is 24.3 Å². The summed E-state index contributed by atoms with van der Waals surface area (Å²) < 4.78 is 7.74. The lowest BCUT2D eigenvalue weighted by Crippen LogP contribution is -2.16. The van der Waals surface area contributed by atoms with E-state index in [0.29, 0.717) is 12.6 Å². The Hall–Kier alpha value is -1.97. The molecule has 0 bridgehead atoms. The molecule has 20 heavy (non-hydrogen) atoms. The van der Waals surface area contributed by atoms with Crippen molar-refractivity contribution in [3.05, 3.63) is 30.1 Å². The highest BCUT2D eigenvalue weighted by Gasteiger charge is 2.23. The Morgan fingerprint density at radius 2 is 2.30 bits per heavy atom. The van der Waals surface area contributed by atoms with E-state index in [0.717, 1.165) is 35.1 Å². The summed E-state index contributed by atoms with van der Waals surface area (Å²) in [6.45, 7) is 4.86. The lowest BCUT2D eigenvalue weighted by molar-refractivity contribution is 0.340. The number of imidazole rings is 1. The zero-order chi connectivity index (χ0) is 14.1. The van der Waals surface area contributed by atoms with Gasteiger partial charge in [-0.15, -0.1) is 0 Å². The maximum Gasteiger partial charge on any atom is 0.131 e. The quantitative estimate of drug-likeness (QED) is 0.930. The van der Waals surface area contributed by atoms with Crippen LogP contribution in [-0.2, 0) is 6.42 Å². The molecule has 2 heterocycles. The Kier molecular flexibility index (Phi) is 3.38. The number of nitrogen functional groups attached to an aromatic ring is 1. The maximum atomic E-state index is 6.33. The van der Waals surface area contributed by atoms with Gasteiger partial charge in [0.05, 0.1) is 6.61 Å². The minimum atomic E-state index is 0.440. The Morgan fingerprint density at radius 3 is 3.05 bits per heavy atom. The van der Waals surface area contributed by atoms with Crippen molar-refractivity contribution in [3.8, 4) is 17.0 Å². The zero-order valence-corrected chi connectivity index (χ0v) is 12.1. The Morgan fingerprint density at radius 1 is 1.45 bits per heavy atom. The number of ether oxygens (including phenoxy) is 1. The molecule has 4 nitrogen and oxygen atoms in total. The number of nitrogens with zero attached hydrogens (tertiary/aromatic N) is 2. The first kappa shape index (κ1) is 13.0. The van der Waals surface area contributed by atoms with Crippen LogP contribution in [0.25, 0.3) is 11.3 Å². The number of aromatic nitrogens is 2.